The molecule has 4 aromatic rings. The Kier molecular flexibility index (Phi) is 6.89. The predicted octanol–water partition coefficient (Wildman–Crippen LogP) is 5.92. The number of carbonyl (C=O) groups is 2. The largest absolute Gasteiger partial charge is 0.493 e. The van der Waals surface area contributed by atoms with Crippen LogP contribution in [0.25, 0.3) is 16.8 Å². The van der Waals surface area contributed by atoms with Gasteiger partial charge in [-0.2, -0.15) is 5.26 Å². The summed E-state index contributed by atoms with van der Waals surface area (Å²) in [6.45, 7) is 1.93. The third-order valence-electron chi connectivity index (χ3n) is 5.39. The van der Waals surface area contributed by atoms with Gasteiger partial charge in [-0.1, -0.05) is 60.2 Å². The molecule has 0 saturated heterocycles. The number of amides is 1. The first-order valence-corrected chi connectivity index (χ1v) is 10.9. The molecule has 0 unspecified atom stereocenters. The topological polar surface area (TPSA) is 88.4 Å². The summed E-state index contributed by atoms with van der Waals surface area (Å²) in [5.41, 5.74) is 2.43. The second kappa shape index (κ2) is 10.4. The molecule has 0 bridgehead atoms. The SMILES string of the molecule is COc1ccc(/C=C(\C#N)C(=O)Nc2cccc3ccccc23)cc1OC(=O)c1ccc(C)cc1. The zero-order valence-electron chi connectivity index (χ0n) is 19.2. The van der Waals surface area contributed by atoms with Crippen LogP contribution in [0.1, 0.15) is 21.5 Å². The van der Waals surface area contributed by atoms with Crippen LogP contribution in [0.15, 0.2) is 90.5 Å². The lowest BCUT2D eigenvalue weighted by Gasteiger charge is -2.11. The molecular formula is C29H22N2O4. The zero-order chi connectivity index (χ0) is 24.8. The van der Waals surface area contributed by atoms with Crippen LogP contribution in [0.2, 0.25) is 0 Å². The Morgan fingerprint density at radius 2 is 1.66 bits per heavy atom. The fraction of sp³-hybridized carbons (Fsp3) is 0.0690. The van der Waals surface area contributed by atoms with Gasteiger partial charge in [-0.15, -0.1) is 0 Å². The van der Waals surface area contributed by atoms with Gasteiger partial charge >= 0.3 is 5.97 Å². The summed E-state index contributed by atoms with van der Waals surface area (Å²) in [6.07, 6.45) is 1.43. The van der Waals surface area contributed by atoms with Crippen molar-refractivity contribution in [3.63, 3.8) is 0 Å². The summed E-state index contributed by atoms with van der Waals surface area (Å²) in [7, 11) is 1.46. The average molecular weight is 463 g/mol. The highest BCUT2D eigenvalue weighted by Gasteiger charge is 2.15. The van der Waals surface area contributed by atoms with Crippen LogP contribution in [0, 0.1) is 18.3 Å². The highest BCUT2D eigenvalue weighted by Crippen LogP contribution is 2.30. The molecule has 6 nitrogen and oxygen atoms in total. The standard InChI is InChI=1S/C29H22N2O4/c1-19-10-13-22(14-11-19)29(33)35-27-17-20(12-15-26(27)34-2)16-23(18-30)28(32)31-25-9-5-7-21-6-3-4-8-24(21)25/h3-17H,1-2H3,(H,31,32)/b23-16+. The number of methoxy groups -OCH3 is 1. The van der Waals surface area contributed by atoms with E-state index in [2.05, 4.69) is 5.32 Å². The van der Waals surface area contributed by atoms with Crippen LogP contribution >= 0.6 is 0 Å². The van der Waals surface area contributed by atoms with E-state index in [0.29, 0.717) is 22.6 Å². The molecule has 0 spiro atoms. The summed E-state index contributed by atoms with van der Waals surface area (Å²) >= 11 is 0. The number of nitriles is 1. The van der Waals surface area contributed by atoms with Gasteiger partial charge in [0.2, 0.25) is 0 Å². The van der Waals surface area contributed by atoms with E-state index in [1.54, 1.807) is 36.4 Å². The summed E-state index contributed by atoms with van der Waals surface area (Å²) in [4.78, 5) is 25.5. The van der Waals surface area contributed by atoms with Gasteiger partial charge in [-0.3, -0.25) is 4.79 Å². The highest BCUT2D eigenvalue weighted by atomic mass is 16.6. The van der Waals surface area contributed by atoms with Crippen LogP contribution in [0.5, 0.6) is 11.5 Å². The maximum absolute atomic E-state index is 12.9. The molecule has 1 amide bonds. The number of nitrogens with one attached hydrogen (secondary N) is 1. The number of nitrogens with zero attached hydrogens (tertiary/aromatic N) is 1. The molecule has 0 atom stereocenters. The van der Waals surface area contributed by atoms with Crippen molar-refractivity contribution in [1.82, 2.24) is 0 Å². The minimum atomic E-state index is -0.544. The Labute approximate surface area is 203 Å². The molecular weight excluding hydrogens is 440 g/mol. The van der Waals surface area contributed by atoms with Crippen molar-refractivity contribution >= 4 is 34.4 Å². The van der Waals surface area contributed by atoms with Gasteiger partial charge in [0.15, 0.2) is 11.5 Å². The number of esters is 1. The Balaban J connectivity index is 1.59. The van der Waals surface area contributed by atoms with Gasteiger partial charge in [0.25, 0.3) is 5.91 Å². The minimum absolute atomic E-state index is 0.0982. The van der Waals surface area contributed by atoms with Gasteiger partial charge in [0.05, 0.1) is 12.7 Å². The average Bonchev–Trinajstić information content (AvgIpc) is 2.88. The molecule has 0 aromatic heterocycles. The van der Waals surface area contributed by atoms with Crippen molar-refractivity contribution in [2.75, 3.05) is 12.4 Å². The molecule has 172 valence electrons. The van der Waals surface area contributed by atoms with Gasteiger partial charge in [-0.05, 0) is 54.3 Å². The molecule has 1 N–H and O–H groups in total. The number of aryl methyl sites for hydroxylation is 1. The van der Waals surface area contributed by atoms with Crippen molar-refractivity contribution in [2.45, 2.75) is 6.92 Å². The fourth-order valence-electron chi connectivity index (χ4n) is 3.55. The quantitative estimate of drug-likeness (QED) is 0.166. The van der Waals surface area contributed by atoms with Crippen molar-refractivity contribution in [1.29, 1.82) is 5.26 Å². The lowest BCUT2D eigenvalue weighted by Crippen LogP contribution is -2.13. The maximum Gasteiger partial charge on any atom is 0.343 e. The number of fused-ring (bicyclic) bond motifs is 1. The number of ether oxygens (including phenoxy) is 2. The number of carbonyl (C=O) groups excluding carboxylic acids is 2. The Morgan fingerprint density at radius 1 is 0.914 bits per heavy atom. The van der Waals surface area contributed by atoms with Crippen LogP contribution in [-0.2, 0) is 4.79 Å². The number of hydrogen-bond acceptors (Lipinski definition) is 5. The summed E-state index contributed by atoms with van der Waals surface area (Å²) in [5, 5.41) is 14.3. The lowest BCUT2D eigenvalue weighted by atomic mass is 10.1. The molecule has 0 aliphatic carbocycles. The first-order valence-electron chi connectivity index (χ1n) is 10.9. The molecule has 6 heteroatoms. The predicted molar refractivity (Wildman–Crippen MR) is 135 cm³/mol. The first kappa shape index (κ1) is 23.3. The molecule has 0 aliphatic rings. The van der Waals surface area contributed by atoms with Crippen LogP contribution < -0.4 is 14.8 Å². The van der Waals surface area contributed by atoms with Crippen molar-refractivity contribution in [3.05, 3.63) is 107 Å². The van der Waals surface area contributed by atoms with E-state index in [0.717, 1.165) is 16.3 Å². The van der Waals surface area contributed by atoms with Crippen molar-refractivity contribution in [2.24, 2.45) is 0 Å². The van der Waals surface area contributed by atoms with E-state index in [1.807, 2.05) is 61.5 Å². The third kappa shape index (κ3) is 5.37. The lowest BCUT2D eigenvalue weighted by molar-refractivity contribution is -0.112. The molecule has 0 fully saturated rings. The van der Waals surface area contributed by atoms with Crippen LogP contribution in [0.4, 0.5) is 5.69 Å². The van der Waals surface area contributed by atoms with E-state index in [-0.39, 0.29) is 11.3 Å². The Bertz CT molecular complexity index is 1480. The third-order valence-corrected chi connectivity index (χ3v) is 5.39. The summed E-state index contributed by atoms with van der Waals surface area (Å²) in [6, 6.07) is 27.0. The molecule has 0 heterocycles. The Hall–Kier alpha value is -4.89. The van der Waals surface area contributed by atoms with Crippen LogP contribution in [-0.4, -0.2) is 19.0 Å². The number of anilines is 1. The summed E-state index contributed by atoms with van der Waals surface area (Å²) in [5.74, 6) is -0.559. The van der Waals surface area contributed by atoms with E-state index in [1.165, 1.54) is 13.2 Å². The smallest absolute Gasteiger partial charge is 0.343 e. The fourth-order valence-corrected chi connectivity index (χ4v) is 3.55. The van der Waals surface area contributed by atoms with Crippen molar-refractivity contribution < 1.29 is 19.1 Å². The number of rotatable bonds is 6. The minimum Gasteiger partial charge on any atom is -0.493 e. The van der Waals surface area contributed by atoms with Gasteiger partial charge in [0.1, 0.15) is 11.6 Å². The molecule has 0 aliphatic heterocycles. The van der Waals surface area contributed by atoms with Gasteiger partial charge in [-0.25, -0.2) is 4.79 Å². The van der Waals surface area contributed by atoms with Gasteiger partial charge in [0, 0.05) is 11.1 Å². The maximum atomic E-state index is 12.9. The van der Waals surface area contributed by atoms with Crippen LogP contribution in [0.3, 0.4) is 0 Å². The van der Waals surface area contributed by atoms with E-state index in [4.69, 9.17) is 9.47 Å². The summed E-state index contributed by atoms with van der Waals surface area (Å²) < 4.78 is 10.9. The van der Waals surface area contributed by atoms with Crippen molar-refractivity contribution in [3.8, 4) is 17.6 Å². The van der Waals surface area contributed by atoms with E-state index >= 15 is 0 Å². The molecule has 4 rings (SSSR count). The van der Waals surface area contributed by atoms with Gasteiger partial charge < -0.3 is 14.8 Å². The molecule has 35 heavy (non-hydrogen) atoms. The zero-order valence-corrected chi connectivity index (χ0v) is 19.2. The van der Waals surface area contributed by atoms with E-state index < -0.39 is 11.9 Å². The highest BCUT2D eigenvalue weighted by molar-refractivity contribution is 6.13. The molecule has 0 saturated carbocycles. The second-order valence-corrected chi connectivity index (χ2v) is 7.82. The number of hydrogen-bond donors (Lipinski definition) is 1. The van der Waals surface area contributed by atoms with E-state index in [9.17, 15) is 14.9 Å². The number of benzene rings is 4. The first-order chi connectivity index (χ1) is 17.0. The second-order valence-electron chi connectivity index (χ2n) is 7.82. The normalized spacial score (nSPS) is 10.9. The molecule has 0 radical (unpaired) electrons. The Morgan fingerprint density at radius 3 is 2.40 bits per heavy atom. The molecule has 4 aromatic carbocycles. The monoisotopic (exact) mass is 462 g/mol.